The van der Waals surface area contributed by atoms with Gasteiger partial charge in [-0.15, -0.1) is 0 Å². The summed E-state index contributed by atoms with van der Waals surface area (Å²) in [5.41, 5.74) is 1.44. The fourth-order valence-corrected chi connectivity index (χ4v) is 4.33. The minimum Gasteiger partial charge on any atom is -0.334 e. The molecule has 0 saturated carbocycles. The van der Waals surface area contributed by atoms with Crippen molar-refractivity contribution in [2.24, 2.45) is 5.92 Å². The van der Waals surface area contributed by atoms with Crippen molar-refractivity contribution in [1.82, 2.24) is 9.55 Å². The van der Waals surface area contributed by atoms with Crippen LogP contribution in [0.2, 0.25) is 0 Å². The predicted octanol–water partition coefficient (Wildman–Crippen LogP) is 8.00. The molecule has 1 heterocycles. The van der Waals surface area contributed by atoms with Gasteiger partial charge >= 0.3 is 0 Å². The third kappa shape index (κ3) is 9.08. The van der Waals surface area contributed by atoms with Crippen molar-refractivity contribution in [3.05, 3.63) is 54.6 Å². The molecule has 2 aromatic rings. The second-order valence-electron chi connectivity index (χ2n) is 8.57. The summed E-state index contributed by atoms with van der Waals surface area (Å²) in [6, 6.07) is 11.5. The molecule has 2 nitrogen and oxygen atoms in total. The number of unbranched alkanes of at least 4 members (excludes halogenated alkanes) is 10. The fourth-order valence-electron chi connectivity index (χ4n) is 4.33. The number of hydrogen-bond acceptors (Lipinski definition) is 1. The molecular formula is C26H42N2. The van der Waals surface area contributed by atoms with E-state index in [9.17, 15) is 0 Å². The van der Waals surface area contributed by atoms with Crippen molar-refractivity contribution in [3.63, 3.8) is 0 Å². The van der Waals surface area contributed by atoms with Crippen LogP contribution >= 0.6 is 0 Å². The van der Waals surface area contributed by atoms with Crippen LogP contribution in [0.1, 0.15) is 103 Å². The van der Waals surface area contributed by atoms with E-state index < -0.39 is 0 Å². The molecule has 0 aliphatic carbocycles. The zero-order chi connectivity index (χ0) is 19.9. The van der Waals surface area contributed by atoms with Crippen molar-refractivity contribution in [3.8, 4) is 0 Å². The number of aromatic nitrogens is 2. The van der Waals surface area contributed by atoms with Crippen molar-refractivity contribution in [2.45, 2.75) is 103 Å². The normalized spacial score (nSPS) is 13.5. The van der Waals surface area contributed by atoms with Crippen molar-refractivity contribution < 1.29 is 0 Å². The van der Waals surface area contributed by atoms with E-state index in [0.717, 1.165) is 6.42 Å². The molecule has 0 fully saturated rings. The lowest BCUT2D eigenvalue weighted by Gasteiger charge is -2.25. The van der Waals surface area contributed by atoms with Gasteiger partial charge in [-0.05, 0) is 24.3 Å². The van der Waals surface area contributed by atoms with E-state index in [2.05, 4.69) is 59.9 Å². The quantitative estimate of drug-likeness (QED) is 0.269. The molecule has 0 aliphatic rings. The van der Waals surface area contributed by atoms with Gasteiger partial charge in [0.05, 0.1) is 6.33 Å². The summed E-state index contributed by atoms with van der Waals surface area (Å²) in [7, 11) is 0. The van der Waals surface area contributed by atoms with E-state index in [-0.39, 0.29) is 0 Å². The van der Waals surface area contributed by atoms with Gasteiger partial charge < -0.3 is 4.57 Å². The molecule has 0 N–H and O–H groups in total. The monoisotopic (exact) mass is 382 g/mol. The maximum Gasteiger partial charge on any atom is 0.0948 e. The van der Waals surface area contributed by atoms with Crippen LogP contribution in [0.25, 0.3) is 0 Å². The lowest BCUT2D eigenvalue weighted by molar-refractivity contribution is 0.318. The molecule has 28 heavy (non-hydrogen) atoms. The van der Waals surface area contributed by atoms with Gasteiger partial charge in [-0.2, -0.15) is 0 Å². The lowest BCUT2D eigenvalue weighted by Crippen LogP contribution is -2.18. The van der Waals surface area contributed by atoms with Crippen LogP contribution in [-0.2, 0) is 6.42 Å². The Kier molecular flexibility index (Phi) is 11.7. The van der Waals surface area contributed by atoms with Crippen LogP contribution in [0.15, 0.2) is 49.1 Å². The van der Waals surface area contributed by atoms with Crippen LogP contribution in [-0.4, -0.2) is 9.55 Å². The average molecular weight is 383 g/mol. The minimum absolute atomic E-state index is 0.557. The summed E-state index contributed by atoms with van der Waals surface area (Å²) in [5.74, 6) is 0.625. The van der Waals surface area contributed by atoms with Gasteiger partial charge in [-0.25, -0.2) is 4.98 Å². The highest BCUT2D eigenvalue weighted by Crippen LogP contribution is 2.27. The first kappa shape index (κ1) is 22.7. The molecule has 0 bridgehead atoms. The molecule has 156 valence electrons. The fraction of sp³-hybridized carbons (Fsp3) is 0.654. The molecule has 0 saturated heterocycles. The van der Waals surface area contributed by atoms with Gasteiger partial charge in [0.2, 0.25) is 0 Å². The topological polar surface area (TPSA) is 17.8 Å². The predicted molar refractivity (Wildman–Crippen MR) is 122 cm³/mol. The second kappa shape index (κ2) is 14.4. The average Bonchev–Trinajstić information content (AvgIpc) is 3.24. The van der Waals surface area contributed by atoms with Crippen molar-refractivity contribution >= 4 is 0 Å². The van der Waals surface area contributed by atoms with Crippen LogP contribution in [0.5, 0.6) is 0 Å². The smallest absolute Gasteiger partial charge is 0.0948 e. The largest absolute Gasteiger partial charge is 0.334 e. The second-order valence-corrected chi connectivity index (χ2v) is 8.57. The molecule has 0 radical (unpaired) electrons. The highest BCUT2D eigenvalue weighted by Gasteiger charge is 2.18. The number of rotatable bonds is 16. The van der Waals surface area contributed by atoms with Gasteiger partial charge in [0.15, 0.2) is 0 Å². The molecule has 2 unspecified atom stereocenters. The molecule has 0 amide bonds. The number of imidazole rings is 1. The van der Waals surface area contributed by atoms with Crippen molar-refractivity contribution in [1.29, 1.82) is 0 Å². The Morgan fingerprint density at radius 2 is 1.43 bits per heavy atom. The molecule has 2 heteroatoms. The maximum absolute atomic E-state index is 4.30. The van der Waals surface area contributed by atoms with Crippen LogP contribution in [0, 0.1) is 5.92 Å². The summed E-state index contributed by atoms with van der Waals surface area (Å²) in [6.07, 6.45) is 24.0. The third-order valence-corrected chi connectivity index (χ3v) is 6.07. The van der Waals surface area contributed by atoms with Gasteiger partial charge in [0, 0.05) is 18.4 Å². The Balaban J connectivity index is 1.64. The Labute approximate surface area is 173 Å². The standard InChI is InChI=1S/C26H42N2/c1-3-4-5-6-7-8-9-10-11-12-16-19-26(28-21-20-27-23-28)24(2)22-25-17-14-13-15-18-25/h13-15,17-18,20-21,23-24,26H,3-12,16,19,22H2,1-2H3. The summed E-state index contributed by atoms with van der Waals surface area (Å²) >= 11 is 0. The molecule has 1 aromatic heterocycles. The Hall–Kier alpha value is -1.57. The minimum atomic E-state index is 0.557. The summed E-state index contributed by atoms with van der Waals surface area (Å²) in [4.78, 5) is 4.30. The van der Waals surface area contributed by atoms with Gasteiger partial charge in [-0.3, -0.25) is 0 Å². The molecule has 1 aromatic carbocycles. The molecule has 2 atom stereocenters. The Morgan fingerprint density at radius 1 is 0.821 bits per heavy atom. The van der Waals surface area contributed by atoms with E-state index in [1.807, 2.05) is 12.5 Å². The van der Waals surface area contributed by atoms with Crippen LogP contribution in [0.3, 0.4) is 0 Å². The van der Waals surface area contributed by atoms with Crippen LogP contribution in [0.4, 0.5) is 0 Å². The Bertz CT molecular complexity index is 576. The van der Waals surface area contributed by atoms with E-state index >= 15 is 0 Å². The number of benzene rings is 1. The molecular weight excluding hydrogens is 340 g/mol. The van der Waals surface area contributed by atoms with E-state index in [1.54, 1.807) is 0 Å². The van der Waals surface area contributed by atoms with Crippen LogP contribution < -0.4 is 0 Å². The maximum atomic E-state index is 4.30. The first-order valence-corrected chi connectivity index (χ1v) is 11.8. The van der Waals surface area contributed by atoms with E-state index in [4.69, 9.17) is 0 Å². The molecule has 0 spiro atoms. The molecule has 0 aliphatic heterocycles. The summed E-state index contributed by atoms with van der Waals surface area (Å²) in [5, 5.41) is 0. The lowest BCUT2D eigenvalue weighted by atomic mass is 9.90. The zero-order valence-corrected chi connectivity index (χ0v) is 18.4. The number of hydrogen-bond donors (Lipinski definition) is 0. The first-order valence-electron chi connectivity index (χ1n) is 11.8. The number of nitrogens with zero attached hydrogens (tertiary/aromatic N) is 2. The first-order chi connectivity index (χ1) is 13.8. The van der Waals surface area contributed by atoms with E-state index in [1.165, 1.54) is 82.6 Å². The SMILES string of the molecule is CCCCCCCCCCCCCC(C(C)Cc1ccccc1)n1ccnc1. The van der Waals surface area contributed by atoms with Crippen molar-refractivity contribution in [2.75, 3.05) is 0 Å². The van der Waals surface area contributed by atoms with Gasteiger partial charge in [0.25, 0.3) is 0 Å². The highest BCUT2D eigenvalue weighted by atomic mass is 15.1. The third-order valence-electron chi connectivity index (χ3n) is 6.07. The van der Waals surface area contributed by atoms with Gasteiger partial charge in [0.1, 0.15) is 0 Å². The highest BCUT2D eigenvalue weighted by molar-refractivity contribution is 5.15. The summed E-state index contributed by atoms with van der Waals surface area (Å²) in [6.45, 7) is 4.69. The molecule has 2 rings (SSSR count). The van der Waals surface area contributed by atoms with E-state index in [0.29, 0.717) is 12.0 Å². The van der Waals surface area contributed by atoms with Gasteiger partial charge in [-0.1, -0.05) is 115 Å². The summed E-state index contributed by atoms with van der Waals surface area (Å²) < 4.78 is 2.34. The zero-order valence-electron chi connectivity index (χ0n) is 18.4. The Morgan fingerprint density at radius 3 is 2.00 bits per heavy atom.